The van der Waals surface area contributed by atoms with E-state index >= 15 is 0 Å². The Morgan fingerprint density at radius 1 is 1.43 bits per heavy atom. The molecule has 1 aliphatic rings. The second kappa shape index (κ2) is 6.67. The predicted molar refractivity (Wildman–Crippen MR) is 81.4 cm³/mol. The Hall–Kier alpha value is -1.95. The maximum atomic E-state index is 12.1. The van der Waals surface area contributed by atoms with Crippen LogP contribution in [0.2, 0.25) is 0 Å². The van der Waals surface area contributed by atoms with Crippen LogP contribution in [0.5, 0.6) is 0 Å². The Morgan fingerprint density at radius 3 is 2.81 bits per heavy atom. The summed E-state index contributed by atoms with van der Waals surface area (Å²) >= 11 is 0. The number of carbonyl (C=O) groups excluding carboxylic acids is 1. The Morgan fingerprint density at radius 2 is 2.19 bits per heavy atom. The first kappa shape index (κ1) is 15.4. The number of nitrogens with zero attached hydrogens (tertiary/aromatic N) is 1. The summed E-state index contributed by atoms with van der Waals surface area (Å²) in [5.74, 6) is 0.346. The quantitative estimate of drug-likeness (QED) is 0.659. The SMILES string of the molecule is Cc1cc([N+](=O)[O-])c(C)cc1NC(=O)CC1CCCNC1. The summed E-state index contributed by atoms with van der Waals surface area (Å²) in [6.45, 7) is 5.35. The molecule has 0 aromatic heterocycles. The number of hydrogen-bond acceptors (Lipinski definition) is 4. The number of anilines is 1. The van der Waals surface area contributed by atoms with Crippen LogP contribution >= 0.6 is 0 Å². The molecule has 0 bridgehead atoms. The Bertz CT molecular complexity index is 551. The van der Waals surface area contributed by atoms with Crippen molar-refractivity contribution in [1.82, 2.24) is 5.32 Å². The Labute approximate surface area is 124 Å². The van der Waals surface area contributed by atoms with Gasteiger partial charge in [0.25, 0.3) is 5.69 Å². The maximum absolute atomic E-state index is 12.1. The fourth-order valence-corrected chi connectivity index (χ4v) is 2.69. The van der Waals surface area contributed by atoms with Gasteiger partial charge in [-0.25, -0.2) is 0 Å². The van der Waals surface area contributed by atoms with Crippen LogP contribution < -0.4 is 10.6 Å². The van der Waals surface area contributed by atoms with Crippen molar-refractivity contribution in [1.29, 1.82) is 0 Å². The van der Waals surface area contributed by atoms with Crippen molar-refractivity contribution in [2.75, 3.05) is 18.4 Å². The summed E-state index contributed by atoms with van der Waals surface area (Å²) in [6.07, 6.45) is 2.66. The van der Waals surface area contributed by atoms with Crippen LogP contribution in [0.25, 0.3) is 0 Å². The highest BCUT2D eigenvalue weighted by Gasteiger charge is 2.18. The van der Waals surface area contributed by atoms with Gasteiger partial charge in [-0.05, 0) is 57.3 Å². The van der Waals surface area contributed by atoms with Gasteiger partial charge in [-0.1, -0.05) is 0 Å². The van der Waals surface area contributed by atoms with E-state index in [1.54, 1.807) is 19.9 Å². The minimum absolute atomic E-state index is 0.0277. The smallest absolute Gasteiger partial charge is 0.272 e. The summed E-state index contributed by atoms with van der Waals surface area (Å²) in [5.41, 5.74) is 2.01. The lowest BCUT2D eigenvalue weighted by Crippen LogP contribution is -2.32. The molecule has 1 heterocycles. The molecule has 6 nitrogen and oxygen atoms in total. The molecular formula is C15H21N3O3. The van der Waals surface area contributed by atoms with Crippen LogP contribution in [0.1, 0.15) is 30.4 Å². The molecular weight excluding hydrogens is 270 g/mol. The molecule has 1 atom stereocenters. The minimum Gasteiger partial charge on any atom is -0.326 e. The van der Waals surface area contributed by atoms with E-state index in [1.807, 2.05) is 0 Å². The molecule has 2 rings (SSSR count). The van der Waals surface area contributed by atoms with Crippen molar-refractivity contribution < 1.29 is 9.72 Å². The van der Waals surface area contributed by atoms with Gasteiger partial charge < -0.3 is 10.6 Å². The number of amides is 1. The normalized spacial score (nSPS) is 18.3. The molecule has 1 unspecified atom stereocenters. The highest BCUT2D eigenvalue weighted by Crippen LogP contribution is 2.26. The number of hydrogen-bond donors (Lipinski definition) is 2. The summed E-state index contributed by atoms with van der Waals surface area (Å²) in [4.78, 5) is 22.6. The van der Waals surface area contributed by atoms with Gasteiger partial charge in [0.1, 0.15) is 0 Å². The van der Waals surface area contributed by atoms with Crippen LogP contribution in [0.4, 0.5) is 11.4 Å². The van der Waals surface area contributed by atoms with E-state index in [9.17, 15) is 14.9 Å². The summed E-state index contributed by atoms with van der Waals surface area (Å²) in [6, 6.07) is 3.18. The van der Waals surface area contributed by atoms with E-state index in [-0.39, 0.29) is 11.6 Å². The lowest BCUT2D eigenvalue weighted by Gasteiger charge is -2.22. The maximum Gasteiger partial charge on any atom is 0.272 e. The molecule has 114 valence electrons. The summed E-state index contributed by atoms with van der Waals surface area (Å²) in [7, 11) is 0. The zero-order valence-electron chi connectivity index (χ0n) is 12.4. The molecule has 0 saturated carbocycles. The topological polar surface area (TPSA) is 84.3 Å². The number of aryl methyl sites for hydroxylation is 2. The van der Waals surface area contributed by atoms with Gasteiger partial charge in [-0.3, -0.25) is 14.9 Å². The van der Waals surface area contributed by atoms with Crippen molar-refractivity contribution in [3.63, 3.8) is 0 Å². The number of nitrogens with one attached hydrogen (secondary N) is 2. The van der Waals surface area contributed by atoms with Gasteiger partial charge >= 0.3 is 0 Å². The Balaban J connectivity index is 2.03. The molecule has 1 amide bonds. The van der Waals surface area contributed by atoms with E-state index < -0.39 is 4.92 Å². The molecule has 1 aromatic carbocycles. The summed E-state index contributed by atoms with van der Waals surface area (Å²) in [5, 5.41) is 17.0. The third-order valence-electron chi connectivity index (χ3n) is 3.89. The highest BCUT2D eigenvalue weighted by atomic mass is 16.6. The average Bonchev–Trinajstić information content (AvgIpc) is 2.43. The fourth-order valence-electron chi connectivity index (χ4n) is 2.69. The largest absolute Gasteiger partial charge is 0.326 e. The average molecular weight is 291 g/mol. The first-order valence-electron chi connectivity index (χ1n) is 7.23. The number of carbonyl (C=O) groups is 1. The molecule has 21 heavy (non-hydrogen) atoms. The lowest BCUT2D eigenvalue weighted by atomic mass is 9.96. The number of benzene rings is 1. The van der Waals surface area contributed by atoms with E-state index in [0.29, 0.717) is 29.2 Å². The molecule has 0 spiro atoms. The Kier molecular flexibility index (Phi) is 4.90. The molecule has 1 saturated heterocycles. The van der Waals surface area contributed by atoms with Gasteiger partial charge in [0, 0.05) is 23.7 Å². The van der Waals surface area contributed by atoms with E-state index in [4.69, 9.17) is 0 Å². The van der Waals surface area contributed by atoms with Crippen molar-refractivity contribution in [3.8, 4) is 0 Å². The van der Waals surface area contributed by atoms with Crippen molar-refractivity contribution in [3.05, 3.63) is 33.4 Å². The molecule has 2 N–H and O–H groups in total. The van der Waals surface area contributed by atoms with E-state index in [2.05, 4.69) is 10.6 Å². The standard InChI is InChI=1S/C15H21N3O3/c1-10-7-14(18(20)21)11(2)6-13(10)17-15(19)8-12-4-3-5-16-9-12/h6-7,12,16H,3-5,8-9H2,1-2H3,(H,17,19). The van der Waals surface area contributed by atoms with Gasteiger partial charge in [0.15, 0.2) is 0 Å². The number of rotatable bonds is 4. The lowest BCUT2D eigenvalue weighted by molar-refractivity contribution is -0.385. The third-order valence-corrected chi connectivity index (χ3v) is 3.89. The van der Waals surface area contributed by atoms with Crippen LogP contribution in [0.3, 0.4) is 0 Å². The molecule has 1 fully saturated rings. The van der Waals surface area contributed by atoms with E-state index in [1.165, 1.54) is 6.07 Å². The second-order valence-corrected chi connectivity index (χ2v) is 5.68. The molecule has 0 radical (unpaired) electrons. The van der Waals surface area contributed by atoms with Crippen molar-refractivity contribution in [2.24, 2.45) is 5.92 Å². The van der Waals surface area contributed by atoms with Crippen molar-refractivity contribution in [2.45, 2.75) is 33.1 Å². The van der Waals surface area contributed by atoms with Crippen LogP contribution in [-0.4, -0.2) is 23.9 Å². The van der Waals surface area contributed by atoms with E-state index in [0.717, 1.165) is 25.9 Å². The minimum atomic E-state index is -0.401. The van der Waals surface area contributed by atoms with Crippen LogP contribution in [-0.2, 0) is 4.79 Å². The van der Waals surface area contributed by atoms with Crippen LogP contribution in [0.15, 0.2) is 12.1 Å². The fraction of sp³-hybridized carbons (Fsp3) is 0.533. The highest BCUT2D eigenvalue weighted by molar-refractivity contribution is 5.92. The number of nitro groups is 1. The van der Waals surface area contributed by atoms with Crippen LogP contribution in [0, 0.1) is 29.9 Å². The number of piperidine rings is 1. The second-order valence-electron chi connectivity index (χ2n) is 5.68. The zero-order valence-corrected chi connectivity index (χ0v) is 12.4. The first-order valence-corrected chi connectivity index (χ1v) is 7.23. The summed E-state index contributed by atoms with van der Waals surface area (Å²) < 4.78 is 0. The van der Waals surface area contributed by atoms with Gasteiger partial charge in [0.05, 0.1) is 4.92 Å². The number of nitro benzene ring substituents is 1. The molecule has 0 aliphatic carbocycles. The molecule has 1 aliphatic heterocycles. The molecule has 1 aromatic rings. The van der Waals surface area contributed by atoms with Gasteiger partial charge in [-0.2, -0.15) is 0 Å². The monoisotopic (exact) mass is 291 g/mol. The van der Waals surface area contributed by atoms with Crippen molar-refractivity contribution >= 4 is 17.3 Å². The molecule has 6 heteroatoms. The van der Waals surface area contributed by atoms with Gasteiger partial charge in [0.2, 0.25) is 5.91 Å². The predicted octanol–water partition coefficient (Wildman–Crippen LogP) is 2.54. The third kappa shape index (κ3) is 4.01. The first-order chi connectivity index (χ1) is 9.97. The zero-order chi connectivity index (χ0) is 15.4. The van der Waals surface area contributed by atoms with Gasteiger partial charge in [-0.15, -0.1) is 0 Å².